The summed E-state index contributed by atoms with van der Waals surface area (Å²) < 4.78 is 5.26. The lowest BCUT2D eigenvalue weighted by atomic mass is 10.2. The molecule has 3 aromatic rings. The molecule has 3 rings (SSSR count). The van der Waals surface area contributed by atoms with Crippen LogP contribution in [0.2, 0.25) is 10.0 Å². The van der Waals surface area contributed by atoms with Crippen molar-refractivity contribution in [1.29, 1.82) is 0 Å². The quantitative estimate of drug-likeness (QED) is 0.650. The Bertz CT molecular complexity index is 952. The van der Waals surface area contributed by atoms with Crippen LogP contribution in [0.3, 0.4) is 0 Å². The topological polar surface area (TPSA) is 71.2 Å². The van der Waals surface area contributed by atoms with Crippen molar-refractivity contribution < 1.29 is 14.3 Å². The lowest BCUT2D eigenvalue weighted by Crippen LogP contribution is -2.30. The largest absolute Gasteiger partial charge is 0.449 e. The number of rotatable bonds is 4. The first-order chi connectivity index (χ1) is 12.0. The van der Waals surface area contributed by atoms with E-state index in [1.165, 1.54) is 13.0 Å². The molecule has 1 amide bonds. The maximum atomic E-state index is 12.3. The fraction of sp³-hybridized carbons (Fsp3) is 0.111. The van der Waals surface area contributed by atoms with Gasteiger partial charge >= 0.3 is 5.97 Å². The van der Waals surface area contributed by atoms with E-state index >= 15 is 0 Å². The van der Waals surface area contributed by atoms with Gasteiger partial charge in [0.15, 0.2) is 6.10 Å². The molecule has 0 spiro atoms. The van der Waals surface area contributed by atoms with Crippen LogP contribution in [0.15, 0.2) is 48.7 Å². The Balaban J connectivity index is 1.69. The number of fused-ring (bicyclic) bond motifs is 1. The Kier molecular flexibility index (Phi) is 4.97. The second-order valence-corrected chi connectivity index (χ2v) is 6.25. The fourth-order valence-corrected chi connectivity index (χ4v) is 2.80. The third-order valence-electron chi connectivity index (χ3n) is 3.65. The van der Waals surface area contributed by atoms with Crippen molar-refractivity contribution >= 4 is 51.7 Å². The van der Waals surface area contributed by atoms with Crippen molar-refractivity contribution in [3.8, 4) is 0 Å². The van der Waals surface area contributed by atoms with Gasteiger partial charge in [0, 0.05) is 22.1 Å². The van der Waals surface area contributed by atoms with Crippen molar-refractivity contribution in [2.75, 3.05) is 5.32 Å². The van der Waals surface area contributed by atoms with E-state index in [0.29, 0.717) is 21.3 Å². The molecule has 1 aromatic heterocycles. The van der Waals surface area contributed by atoms with Crippen LogP contribution in [0.25, 0.3) is 10.9 Å². The minimum atomic E-state index is -0.993. The van der Waals surface area contributed by atoms with Crippen molar-refractivity contribution in [2.24, 2.45) is 0 Å². The average Bonchev–Trinajstić information content (AvgIpc) is 3.01. The fourth-order valence-electron chi connectivity index (χ4n) is 2.34. The molecule has 5 nitrogen and oxygen atoms in total. The number of ether oxygens (including phenoxy) is 1. The van der Waals surface area contributed by atoms with E-state index < -0.39 is 18.0 Å². The third-order valence-corrected chi connectivity index (χ3v) is 4.20. The number of hydrogen-bond donors (Lipinski definition) is 2. The Morgan fingerprint density at radius 3 is 2.68 bits per heavy atom. The highest BCUT2D eigenvalue weighted by molar-refractivity contribution is 6.36. The van der Waals surface area contributed by atoms with E-state index in [0.717, 1.165) is 10.9 Å². The summed E-state index contributed by atoms with van der Waals surface area (Å²) >= 11 is 11.8. The van der Waals surface area contributed by atoms with Crippen LogP contribution in [-0.4, -0.2) is 23.0 Å². The summed E-state index contributed by atoms with van der Waals surface area (Å²) in [7, 11) is 0. The van der Waals surface area contributed by atoms with Crippen LogP contribution in [0.1, 0.15) is 17.3 Å². The maximum absolute atomic E-state index is 12.3. The van der Waals surface area contributed by atoms with Gasteiger partial charge in [-0.05, 0) is 31.2 Å². The standard InChI is InChI=1S/C18H14Cl2N2O3/c1-10(17(23)22-16-7-6-11(19)8-14(16)20)25-18(24)13-9-21-15-5-3-2-4-12(13)15/h2-10,21H,1H3,(H,22,23)/t10-/m0/s1. The zero-order chi connectivity index (χ0) is 18.0. The molecule has 0 aliphatic carbocycles. The van der Waals surface area contributed by atoms with Crippen LogP contribution in [0.5, 0.6) is 0 Å². The number of aromatic nitrogens is 1. The number of hydrogen-bond acceptors (Lipinski definition) is 3. The number of halogens is 2. The predicted octanol–water partition coefficient (Wildman–Crippen LogP) is 4.66. The van der Waals surface area contributed by atoms with E-state index in [2.05, 4.69) is 10.3 Å². The molecule has 0 fully saturated rings. The molecule has 0 unspecified atom stereocenters. The number of H-pyrrole nitrogens is 1. The maximum Gasteiger partial charge on any atom is 0.341 e. The molecule has 7 heteroatoms. The molecule has 25 heavy (non-hydrogen) atoms. The molecule has 1 atom stereocenters. The highest BCUT2D eigenvalue weighted by Gasteiger charge is 2.21. The molecule has 0 saturated carbocycles. The van der Waals surface area contributed by atoms with Gasteiger partial charge in [0.25, 0.3) is 5.91 Å². The zero-order valence-electron chi connectivity index (χ0n) is 13.2. The summed E-state index contributed by atoms with van der Waals surface area (Å²) in [6.07, 6.45) is 0.571. The van der Waals surface area contributed by atoms with Gasteiger partial charge < -0.3 is 15.0 Å². The van der Waals surface area contributed by atoms with Gasteiger partial charge in [0.2, 0.25) is 0 Å². The first-order valence-corrected chi connectivity index (χ1v) is 8.24. The molecule has 128 valence electrons. The van der Waals surface area contributed by atoms with Crippen LogP contribution < -0.4 is 5.32 Å². The summed E-state index contributed by atoms with van der Waals surface area (Å²) in [5.74, 6) is -1.07. The lowest BCUT2D eigenvalue weighted by molar-refractivity contribution is -0.123. The minimum absolute atomic E-state index is 0.302. The number of amides is 1. The van der Waals surface area contributed by atoms with E-state index in [1.54, 1.807) is 24.4 Å². The highest BCUT2D eigenvalue weighted by Crippen LogP contribution is 2.25. The van der Waals surface area contributed by atoms with Crippen molar-refractivity contribution in [3.63, 3.8) is 0 Å². The SMILES string of the molecule is C[C@H](OC(=O)c1c[nH]c2ccccc12)C(=O)Nc1ccc(Cl)cc1Cl. The first-order valence-electron chi connectivity index (χ1n) is 7.48. The number of carbonyl (C=O) groups excluding carboxylic acids is 2. The zero-order valence-corrected chi connectivity index (χ0v) is 14.7. The predicted molar refractivity (Wildman–Crippen MR) is 98.3 cm³/mol. The van der Waals surface area contributed by atoms with Gasteiger partial charge in [0.1, 0.15) is 0 Å². The smallest absolute Gasteiger partial charge is 0.341 e. The Hall–Kier alpha value is -2.50. The number of para-hydroxylation sites is 1. The van der Waals surface area contributed by atoms with Gasteiger partial charge in [-0.2, -0.15) is 0 Å². The van der Waals surface area contributed by atoms with Gasteiger partial charge in [0.05, 0.1) is 16.3 Å². The van der Waals surface area contributed by atoms with Crippen molar-refractivity contribution in [3.05, 3.63) is 64.3 Å². The van der Waals surface area contributed by atoms with Gasteiger partial charge in [-0.1, -0.05) is 41.4 Å². The van der Waals surface area contributed by atoms with Crippen LogP contribution >= 0.6 is 23.2 Å². The molecule has 0 saturated heterocycles. The van der Waals surface area contributed by atoms with E-state index in [-0.39, 0.29) is 0 Å². The number of esters is 1. The molecule has 0 aliphatic rings. The Morgan fingerprint density at radius 2 is 1.92 bits per heavy atom. The Morgan fingerprint density at radius 1 is 1.16 bits per heavy atom. The van der Waals surface area contributed by atoms with E-state index in [1.807, 2.05) is 18.2 Å². The summed E-state index contributed by atoms with van der Waals surface area (Å²) in [6.45, 7) is 1.49. The summed E-state index contributed by atoms with van der Waals surface area (Å²) in [4.78, 5) is 27.6. The van der Waals surface area contributed by atoms with Crippen molar-refractivity contribution in [2.45, 2.75) is 13.0 Å². The van der Waals surface area contributed by atoms with Crippen LogP contribution in [-0.2, 0) is 9.53 Å². The molecule has 2 N–H and O–H groups in total. The van der Waals surface area contributed by atoms with Gasteiger partial charge in [-0.15, -0.1) is 0 Å². The normalized spacial score (nSPS) is 12.0. The number of aromatic amines is 1. The molecule has 2 aromatic carbocycles. The highest BCUT2D eigenvalue weighted by atomic mass is 35.5. The molecule has 0 radical (unpaired) electrons. The summed E-state index contributed by atoms with van der Waals surface area (Å²) in [5, 5.41) is 4.11. The number of nitrogens with one attached hydrogen (secondary N) is 2. The molecular formula is C18H14Cl2N2O3. The van der Waals surface area contributed by atoms with Gasteiger partial charge in [-0.25, -0.2) is 4.79 Å². The number of anilines is 1. The second kappa shape index (κ2) is 7.17. The number of benzene rings is 2. The molecule has 0 aliphatic heterocycles. The summed E-state index contributed by atoms with van der Waals surface area (Å²) in [5.41, 5.74) is 1.59. The molecular weight excluding hydrogens is 363 g/mol. The monoisotopic (exact) mass is 376 g/mol. The van der Waals surface area contributed by atoms with E-state index in [4.69, 9.17) is 27.9 Å². The average molecular weight is 377 g/mol. The van der Waals surface area contributed by atoms with Crippen LogP contribution in [0, 0.1) is 0 Å². The number of carbonyl (C=O) groups is 2. The first kappa shape index (κ1) is 17.3. The molecule has 1 heterocycles. The van der Waals surface area contributed by atoms with E-state index in [9.17, 15) is 9.59 Å². The molecule has 0 bridgehead atoms. The van der Waals surface area contributed by atoms with Gasteiger partial charge in [-0.3, -0.25) is 4.79 Å². The second-order valence-electron chi connectivity index (χ2n) is 5.41. The van der Waals surface area contributed by atoms with Crippen LogP contribution in [0.4, 0.5) is 5.69 Å². The lowest BCUT2D eigenvalue weighted by Gasteiger charge is -2.14. The summed E-state index contributed by atoms with van der Waals surface area (Å²) in [6, 6.07) is 12.0. The Labute approximate surface area is 153 Å². The third kappa shape index (κ3) is 3.78. The van der Waals surface area contributed by atoms with Crippen molar-refractivity contribution in [1.82, 2.24) is 4.98 Å². The minimum Gasteiger partial charge on any atom is -0.449 e.